The summed E-state index contributed by atoms with van der Waals surface area (Å²) >= 11 is 0. The number of aromatic amines is 2. The average molecular weight is 250 g/mol. The van der Waals surface area contributed by atoms with Crippen LogP contribution in [-0.2, 0) is 10.7 Å². The van der Waals surface area contributed by atoms with Gasteiger partial charge in [0.05, 0.1) is 0 Å². The Morgan fingerprint density at radius 3 is 1.73 bits per heavy atom. The second kappa shape index (κ2) is 4.62. The Labute approximate surface area is 79.8 Å². The van der Waals surface area contributed by atoms with E-state index in [1.807, 2.05) is 0 Å². The molecular formula is C4H6F3N2O5P. The summed E-state index contributed by atoms with van der Waals surface area (Å²) in [6.45, 7) is 0. The molecule has 0 atom stereocenters. The Hall–Kier alpha value is -1.09. The van der Waals surface area contributed by atoms with Gasteiger partial charge in [0, 0.05) is 6.07 Å². The van der Waals surface area contributed by atoms with Crippen LogP contribution in [0.2, 0.25) is 0 Å². The zero-order valence-corrected chi connectivity index (χ0v) is 7.71. The van der Waals surface area contributed by atoms with Crippen LogP contribution in [-0.4, -0.2) is 24.9 Å². The lowest BCUT2D eigenvalue weighted by atomic mass is 10.4. The van der Waals surface area contributed by atoms with E-state index in [2.05, 4.69) is 0 Å². The molecule has 0 aliphatic heterocycles. The first-order valence-electron chi connectivity index (χ1n) is 3.13. The largest absolute Gasteiger partial charge is 0.466 e. The first kappa shape index (κ1) is 13.9. The number of H-pyrrole nitrogens is 2. The molecule has 0 fully saturated rings. The lowest BCUT2D eigenvalue weighted by Crippen LogP contribution is -2.05. The van der Waals surface area contributed by atoms with Crippen molar-refractivity contribution >= 4 is 7.82 Å². The summed E-state index contributed by atoms with van der Waals surface area (Å²) < 4.78 is 43.7. The molecule has 0 radical (unpaired) electrons. The van der Waals surface area contributed by atoms with Gasteiger partial charge in [-0.2, -0.15) is 13.2 Å². The maximum absolute atomic E-state index is 11.6. The van der Waals surface area contributed by atoms with Crippen LogP contribution < -0.4 is 5.56 Å². The summed E-state index contributed by atoms with van der Waals surface area (Å²) in [6, 6.07) is 0.458. The van der Waals surface area contributed by atoms with Crippen molar-refractivity contribution in [2.45, 2.75) is 6.18 Å². The van der Waals surface area contributed by atoms with Crippen molar-refractivity contribution in [1.29, 1.82) is 0 Å². The molecule has 1 heterocycles. The van der Waals surface area contributed by atoms with E-state index in [1.165, 1.54) is 0 Å². The summed E-state index contributed by atoms with van der Waals surface area (Å²) in [7, 11) is -4.64. The second-order valence-electron chi connectivity index (χ2n) is 2.18. The summed E-state index contributed by atoms with van der Waals surface area (Å²) in [6.07, 6.45) is -4.47. The van der Waals surface area contributed by atoms with Crippen molar-refractivity contribution in [3.63, 3.8) is 0 Å². The molecule has 0 aromatic carbocycles. The van der Waals surface area contributed by atoms with Gasteiger partial charge in [0.25, 0.3) is 5.56 Å². The van der Waals surface area contributed by atoms with E-state index in [-0.39, 0.29) is 0 Å². The Kier molecular flexibility index (Phi) is 4.28. The molecule has 0 saturated carbocycles. The van der Waals surface area contributed by atoms with Gasteiger partial charge < -0.3 is 14.7 Å². The fourth-order valence-corrected chi connectivity index (χ4v) is 0.485. The van der Waals surface area contributed by atoms with E-state index < -0.39 is 25.3 Å². The highest BCUT2D eigenvalue weighted by molar-refractivity contribution is 7.45. The van der Waals surface area contributed by atoms with E-state index in [0.29, 0.717) is 6.07 Å². The minimum Gasteiger partial charge on any atom is -0.303 e. The van der Waals surface area contributed by atoms with Gasteiger partial charge >= 0.3 is 14.0 Å². The van der Waals surface area contributed by atoms with Crippen molar-refractivity contribution in [3.8, 4) is 0 Å². The molecule has 1 aromatic heterocycles. The molecule has 0 unspecified atom stereocenters. The van der Waals surface area contributed by atoms with Crippen LogP contribution in [0.15, 0.2) is 10.9 Å². The maximum Gasteiger partial charge on any atom is 0.466 e. The van der Waals surface area contributed by atoms with E-state index in [0.717, 1.165) is 0 Å². The normalized spacial score (nSPS) is 11.9. The summed E-state index contributed by atoms with van der Waals surface area (Å²) in [4.78, 5) is 31.7. The molecule has 11 heteroatoms. The van der Waals surface area contributed by atoms with Gasteiger partial charge in [-0.15, -0.1) is 0 Å². The highest BCUT2D eigenvalue weighted by atomic mass is 31.2. The average Bonchev–Trinajstić information content (AvgIpc) is 2.29. The number of hydrogen-bond acceptors (Lipinski definition) is 2. The number of aromatic nitrogens is 2. The van der Waals surface area contributed by atoms with Crippen molar-refractivity contribution in [1.82, 2.24) is 10.2 Å². The molecule has 1 rings (SSSR count). The molecular weight excluding hydrogens is 244 g/mol. The summed E-state index contributed by atoms with van der Waals surface area (Å²) in [5, 5.41) is 3.46. The topological polar surface area (TPSA) is 126 Å². The van der Waals surface area contributed by atoms with Gasteiger partial charge in [-0.05, 0) is 0 Å². The smallest absolute Gasteiger partial charge is 0.303 e. The first-order chi connectivity index (χ1) is 6.50. The maximum atomic E-state index is 11.6. The van der Waals surface area contributed by atoms with Gasteiger partial charge in [0.15, 0.2) is 0 Å². The quantitative estimate of drug-likeness (QED) is 0.407. The molecule has 1 aromatic rings. The van der Waals surface area contributed by atoms with Crippen LogP contribution in [0, 0.1) is 0 Å². The molecule has 5 N–H and O–H groups in total. The predicted molar refractivity (Wildman–Crippen MR) is 40.7 cm³/mol. The monoisotopic (exact) mass is 250 g/mol. The third-order valence-electron chi connectivity index (χ3n) is 0.901. The van der Waals surface area contributed by atoms with Crippen LogP contribution in [0.3, 0.4) is 0 Å². The van der Waals surface area contributed by atoms with Crippen molar-refractivity contribution in [3.05, 3.63) is 22.1 Å². The lowest BCUT2D eigenvalue weighted by molar-refractivity contribution is -0.141. The minimum absolute atomic E-state index is 0.458. The molecule has 7 nitrogen and oxygen atoms in total. The van der Waals surface area contributed by atoms with Crippen molar-refractivity contribution in [2.24, 2.45) is 0 Å². The van der Waals surface area contributed by atoms with Gasteiger partial charge in [0.2, 0.25) is 0 Å². The standard InChI is InChI=1S/C4H3F3N2O.H3O4P/c5-4(6,7)2-1-3(10)9-8-2;1-5(2,3)4/h1H,(H2,8,9,10);(H3,1,2,3,4). The fraction of sp³-hybridized carbons (Fsp3) is 0.250. The highest BCUT2D eigenvalue weighted by Gasteiger charge is 2.32. The zero-order valence-electron chi connectivity index (χ0n) is 6.82. The fourth-order valence-electron chi connectivity index (χ4n) is 0.485. The Morgan fingerprint density at radius 2 is 1.60 bits per heavy atom. The van der Waals surface area contributed by atoms with Crippen molar-refractivity contribution < 1.29 is 32.4 Å². The number of phosphoric acid groups is 1. The molecule has 15 heavy (non-hydrogen) atoms. The zero-order chi connectivity index (χ0) is 12.3. The number of hydrogen-bond donors (Lipinski definition) is 5. The Balaban J connectivity index is 0.000000336. The minimum atomic E-state index is -4.64. The summed E-state index contributed by atoms with van der Waals surface area (Å²) in [5.41, 5.74) is -1.84. The van der Waals surface area contributed by atoms with E-state index in [9.17, 15) is 18.0 Å². The predicted octanol–water partition coefficient (Wildman–Crippen LogP) is -0.207. The van der Waals surface area contributed by atoms with E-state index in [4.69, 9.17) is 19.2 Å². The molecule has 0 aliphatic rings. The van der Waals surface area contributed by atoms with E-state index >= 15 is 0 Å². The van der Waals surface area contributed by atoms with Gasteiger partial charge in [-0.1, -0.05) is 0 Å². The van der Waals surface area contributed by atoms with Crippen LogP contribution in [0.1, 0.15) is 5.69 Å². The van der Waals surface area contributed by atoms with Crippen LogP contribution >= 0.6 is 7.82 Å². The second-order valence-corrected chi connectivity index (χ2v) is 3.21. The number of halogens is 3. The van der Waals surface area contributed by atoms with Crippen molar-refractivity contribution in [2.75, 3.05) is 0 Å². The Morgan fingerprint density at radius 1 is 1.20 bits per heavy atom. The molecule has 88 valence electrons. The van der Waals surface area contributed by atoms with Crippen LogP contribution in [0.5, 0.6) is 0 Å². The number of alkyl halides is 3. The molecule has 0 spiro atoms. The third kappa shape index (κ3) is 7.94. The van der Waals surface area contributed by atoms with Crippen LogP contribution in [0.25, 0.3) is 0 Å². The van der Waals surface area contributed by atoms with Gasteiger partial charge in [0.1, 0.15) is 5.69 Å². The number of rotatable bonds is 0. The Bertz CT molecular complexity index is 395. The third-order valence-corrected chi connectivity index (χ3v) is 0.901. The molecule has 0 amide bonds. The van der Waals surface area contributed by atoms with Gasteiger partial charge in [-0.25, -0.2) is 4.57 Å². The first-order valence-corrected chi connectivity index (χ1v) is 4.70. The highest BCUT2D eigenvalue weighted by Crippen LogP contribution is 2.26. The number of nitrogens with one attached hydrogen (secondary N) is 2. The SMILES string of the molecule is O=P(O)(O)O.O=c1cc(C(F)(F)F)[nH][nH]1. The van der Waals surface area contributed by atoms with Crippen LogP contribution in [0.4, 0.5) is 13.2 Å². The molecule has 0 bridgehead atoms. The molecule has 0 aliphatic carbocycles. The summed E-state index contributed by atoms with van der Waals surface area (Å²) in [5.74, 6) is 0. The lowest BCUT2D eigenvalue weighted by Gasteiger charge is -1.99. The van der Waals surface area contributed by atoms with Gasteiger partial charge in [-0.3, -0.25) is 15.0 Å². The van der Waals surface area contributed by atoms with E-state index in [1.54, 1.807) is 10.2 Å². The molecule has 0 saturated heterocycles.